The van der Waals surface area contributed by atoms with Crippen molar-refractivity contribution < 1.29 is 9.18 Å². The van der Waals surface area contributed by atoms with Crippen LogP contribution in [0.1, 0.15) is 21.5 Å². The van der Waals surface area contributed by atoms with Gasteiger partial charge in [-0.3, -0.25) is 4.79 Å². The lowest BCUT2D eigenvalue weighted by molar-refractivity contribution is 0.102. The monoisotopic (exact) mass is 258 g/mol. The maximum absolute atomic E-state index is 13.3. The largest absolute Gasteiger partial charge is 0.396 e. The molecule has 0 unspecified atom stereocenters. The number of anilines is 2. The van der Waals surface area contributed by atoms with Crippen LogP contribution in [-0.2, 0) is 0 Å². The molecule has 1 amide bonds. The standard InChI is InChI=1S/C15H15FN2O/c1-9-3-6-14(10(2)7-9)18-15(19)11-4-5-13(17)12(16)8-11/h3-8H,17H2,1-2H3,(H,18,19). The summed E-state index contributed by atoms with van der Waals surface area (Å²) in [6.45, 7) is 3.89. The van der Waals surface area contributed by atoms with Gasteiger partial charge in [-0.15, -0.1) is 0 Å². The van der Waals surface area contributed by atoms with Crippen LogP contribution in [0.2, 0.25) is 0 Å². The number of benzene rings is 2. The van der Waals surface area contributed by atoms with Crippen molar-refractivity contribution in [2.45, 2.75) is 13.8 Å². The van der Waals surface area contributed by atoms with Crippen LogP contribution in [-0.4, -0.2) is 5.91 Å². The van der Waals surface area contributed by atoms with Gasteiger partial charge in [0.15, 0.2) is 0 Å². The van der Waals surface area contributed by atoms with E-state index < -0.39 is 5.82 Å². The fraction of sp³-hybridized carbons (Fsp3) is 0.133. The van der Waals surface area contributed by atoms with Crippen LogP contribution in [0.25, 0.3) is 0 Å². The average molecular weight is 258 g/mol. The van der Waals surface area contributed by atoms with Crippen LogP contribution < -0.4 is 11.1 Å². The summed E-state index contributed by atoms with van der Waals surface area (Å²) in [5.74, 6) is -0.945. The van der Waals surface area contributed by atoms with E-state index in [1.54, 1.807) is 0 Å². The van der Waals surface area contributed by atoms with Gasteiger partial charge in [0.1, 0.15) is 5.82 Å². The molecule has 0 fully saturated rings. The predicted octanol–water partition coefficient (Wildman–Crippen LogP) is 3.28. The number of carbonyl (C=O) groups excluding carboxylic acids is 1. The molecule has 0 aliphatic heterocycles. The maximum Gasteiger partial charge on any atom is 0.255 e. The summed E-state index contributed by atoms with van der Waals surface area (Å²) in [6.07, 6.45) is 0. The number of rotatable bonds is 2. The Labute approximate surface area is 111 Å². The van der Waals surface area contributed by atoms with E-state index in [0.717, 1.165) is 17.2 Å². The van der Waals surface area contributed by atoms with Gasteiger partial charge >= 0.3 is 0 Å². The second-order valence-corrected chi connectivity index (χ2v) is 4.51. The summed E-state index contributed by atoms with van der Waals surface area (Å²) in [5.41, 5.74) is 8.45. The van der Waals surface area contributed by atoms with Crippen molar-refractivity contribution in [3.8, 4) is 0 Å². The molecule has 19 heavy (non-hydrogen) atoms. The number of nitrogens with one attached hydrogen (secondary N) is 1. The number of nitrogens with two attached hydrogens (primary N) is 1. The zero-order valence-corrected chi connectivity index (χ0v) is 10.8. The first-order chi connectivity index (χ1) is 8.97. The van der Waals surface area contributed by atoms with Crippen molar-refractivity contribution in [3.63, 3.8) is 0 Å². The Bertz CT molecular complexity index is 638. The molecule has 0 spiro atoms. The van der Waals surface area contributed by atoms with E-state index in [9.17, 15) is 9.18 Å². The van der Waals surface area contributed by atoms with E-state index in [1.807, 2.05) is 32.0 Å². The Morgan fingerprint density at radius 1 is 1.16 bits per heavy atom. The van der Waals surface area contributed by atoms with Crippen LogP contribution in [0.3, 0.4) is 0 Å². The van der Waals surface area contributed by atoms with Crippen molar-refractivity contribution in [1.29, 1.82) is 0 Å². The average Bonchev–Trinajstić information content (AvgIpc) is 2.36. The van der Waals surface area contributed by atoms with Crippen molar-refractivity contribution >= 4 is 17.3 Å². The van der Waals surface area contributed by atoms with E-state index in [0.29, 0.717) is 5.69 Å². The molecule has 0 heterocycles. The molecule has 2 aromatic rings. The molecule has 0 bridgehead atoms. The summed E-state index contributed by atoms with van der Waals surface area (Å²) in [7, 11) is 0. The van der Waals surface area contributed by atoms with Crippen LogP contribution in [0.5, 0.6) is 0 Å². The van der Waals surface area contributed by atoms with E-state index in [2.05, 4.69) is 5.32 Å². The number of nitrogen functional groups attached to an aromatic ring is 1. The number of halogens is 1. The van der Waals surface area contributed by atoms with Gasteiger partial charge in [0.2, 0.25) is 0 Å². The lowest BCUT2D eigenvalue weighted by Gasteiger charge is -2.09. The summed E-state index contributed by atoms with van der Waals surface area (Å²) in [6, 6.07) is 9.72. The van der Waals surface area contributed by atoms with Gasteiger partial charge in [0, 0.05) is 11.3 Å². The molecule has 0 saturated carbocycles. The molecule has 98 valence electrons. The molecule has 2 rings (SSSR count). The molecule has 0 atom stereocenters. The zero-order valence-electron chi connectivity index (χ0n) is 10.8. The first kappa shape index (κ1) is 13.1. The van der Waals surface area contributed by atoms with Gasteiger partial charge in [0.25, 0.3) is 5.91 Å². The van der Waals surface area contributed by atoms with Gasteiger partial charge in [-0.05, 0) is 43.7 Å². The lowest BCUT2D eigenvalue weighted by atomic mass is 10.1. The molecule has 2 aromatic carbocycles. The molecule has 0 aliphatic rings. The predicted molar refractivity (Wildman–Crippen MR) is 74.7 cm³/mol. The van der Waals surface area contributed by atoms with Crippen LogP contribution in [0, 0.1) is 19.7 Å². The lowest BCUT2D eigenvalue weighted by Crippen LogP contribution is -2.13. The third kappa shape index (κ3) is 2.91. The van der Waals surface area contributed by atoms with Crippen molar-refractivity contribution in [1.82, 2.24) is 0 Å². The highest BCUT2D eigenvalue weighted by atomic mass is 19.1. The number of hydrogen-bond donors (Lipinski definition) is 2. The molecule has 3 N–H and O–H groups in total. The van der Waals surface area contributed by atoms with E-state index >= 15 is 0 Å². The maximum atomic E-state index is 13.3. The summed E-state index contributed by atoms with van der Waals surface area (Å²) < 4.78 is 13.3. The highest BCUT2D eigenvalue weighted by Crippen LogP contribution is 2.18. The van der Waals surface area contributed by atoms with Gasteiger partial charge in [0.05, 0.1) is 5.69 Å². The SMILES string of the molecule is Cc1ccc(NC(=O)c2ccc(N)c(F)c2)c(C)c1. The second-order valence-electron chi connectivity index (χ2n) is 4.51. The summed E-state index contributed by atoms with van der Waals surface area (Å²) in [4.78, 5) is 12.0. The quantitative estimate of drug-likeness (QED) is 0.812. The summed E-state index contributed by atoms with van der Waals surface area (Å²) in [5, 5.41) is 2.75. The van der Waals surface area contributed by atoms with Crippen molar-refractivity contribution in [3.05, 3.63) is 58.9 Å². The molecular weight excluding hydrogens is 243 g/mol. The first-order valence-electron chi connectivity index (χ1n) is 5.91. The normalized spacial score (nSPS) is 10.3. The molecule has 0 aliphatic carbocycles. The fourth-order valence-corrected chi connectivity index (χ4v) is 1.82. The molecule has 3 nitrogen and oxygen atoms in total. The number of hydrogen-bond acceptors (Lipinski definition) is 2. The smallest absolute Gasteiger partial charge is 0.255 e. The fourth-order valence-electron chi connectivity index (χ4n) is 1.82. The Kier molecular flexibility index (Phi) is 3.51. The van der Waals surface area contributed by atoms with Crippen LogP contribution in [0.4, 0.5) is 15.8 Å². The van der Waals surface area contributed by atoms with Gasteiger partial charge in [-0.25, -0.2) is 4.39 Å². The van der Waals surface area contributed by atoms with Crippen LogP contribution >= 0.6 is 0 Å². The third-order valence-corrected chi connectivity index (χ3v) is 2.89. The first-order valence-corrected chi connectivity index (χ1v) is 5.91. The summed E-state index contributed by atoms with van der Waals surface area (Å²) >= 11 is 0. The van der Waals surface area contributed by atoms with E-state index in [1.165, 1.54) is 12.1 Å². The Balaban J connectivity index is 2.23. The minimum atomic E-state index is -0.590. The molecule has 0 aromatic heterocycles. The van der Waals surface area contributed by atoms with Gasteiger partial charge in [-0.2, -0.15) is 0 Å². The number of aryl methyl sites for hydroxylation is 2. The number of carbonyl (C=O) groups is 1. The third-order valence-electron chi connectivity index (χ3n) is 2.89. The Hall–Kier alpha value is -2.36. The minimum absolute atomic E-state index is 0.0306. The molecule has 4 heteroatoms. The van der Waals surface area contributed by atoms with Crippen molar-refractivity contribution in [2.75, 3.05) is 11.1 Å². The molecular formula is C15H15FN2O. The Morgan fingerprint density at radius 2 is 1.89 bits per heavy atom. The number of amides is 1. The Morgan fingerprint density at radius 3 is 2.53 bits per heavy atom. The van der Waals surface area contributed by atoms with E-state index in [4.69, 9.17) is 5.73 Å². The van der Waals surface area contributed by atoms with Gasteiger partial charge < -0.3 is 11.1 Å². The molecule has 0 radical (unpaired) electrons. The second kappa shape index (κ2) is 5.10. The van der Waals surface area contributed by atoms with Crippen molar-refractivity contribution in [2.24, 2.45) is 0 Å². The minimum Gasteiger partial charge on any atom is -0.396 e. The molecule has 0 saturated heterocycles. The zero-order chi connectivity index (χ0) is 14.0. The highest BCUT2D eigenvalue weighted by Gasteiger charge is 2.10. The van der Waals surface area contributed by atoms with E-state index in [-0.39, 0.29) is 17.2 Å². The van der Waals surface area contributed by atoms with Crippen LogP contribution in [0.15, 0.2) is 36.4 Å². The topological polar surface area (TPSA) is 55.1 Å². The highest BCUT2D eigenvalue weighted by molar-refractivity contribution is 6.04. The van der Waals surface area contributed by atoms with Gasteiger partial charge in [-0.1, -0.05) is 17.7 Å².